The van der Waals surface area contributed by atoms with Crippen molar-refractivity contribution in [2.75, 3.05) is 6.26 Å². The summed E-state index contributed by atoms with van der Waals surface area (Å²) in [7, 11) is 0. The second-order valence-corrected chi connectivity index (χ2v) is 11.5. The summed E-state index contributed by atoms with van der Waals surface area (Å²) < 4.78 is 0. The van der Waals surface area contributed by atoms with Crippen LogP contribution in [0.4, 0.5) is 0 Å². The van der Waals surface area contributed by atoms with Gasteiger partial charge in [-0.3, -0.25) is 0 Å². The average molecular weight is 558 g/mol. The lowest BCUT2D eigenvalue weighted by molar-refractivity contribution is 1.51. The fourth-order valence-electron chi connectivity index (χ4n) is 6.29. The molecule has 0 aliphatic heterocycles. The van der Waals surface area contributed by atoms with Gasteiger partial charge in [0.2, 0.25) is 0 Å². The van der Waals surface area contributed by atoms with Crippen LogP contribution in [0.25, 0.3) is 70.9 Å². The van der Waals surface area contributed by atoms with E-state index in [4.69, 9.17) is 5.73 Å². The summed E-state index contributed by atoms with van der Waals surface area (Å²) in [6, 6.07) is 44.8. The summed E-state index contributed by atoms with van der Waals surface area (Å²) in [5.41, 5.74) is 13.1. The van der Waals surface area contributed by atoms with Crippen molar-refractivity contribution in [3.05, 3.63) is 145 Å². The van der Waals surface area contributed by atoms with E-state index in [1.54, 1.807) is 18.0 Å². The number of rotatable bonds is 5. The first-order valence-electron chi connectivity index (χ1n) is 14.3. The highest BCUT2D eigenvalue weighted by molar-refractivity contribution is 7.98. The number of thioether (sulfide) groups is 1. The smallest absolute Gasteiger partial charge is 0.00757 e. The van der Waals surface area contributed by atoms with Crippen LogP contribution < -0.4 is 5.73 Å². The van der Waals surface area contributed by atoms with Gasteiger partial charge in [0.15, 0.2) is 0 Å². The molecule has 0 radical (unpaired) electrons. The van der Waals surface area contributed by atoms with E-state index in [0.29, 0.717) is 0 Å². The molecule has 0 aliphatic carbocycles. The second kappa shape index (κ2) is 10.9. The minimum atomic E-state index is 1.11. The summed E-state index contributed by atoms with van der Waals surface area (Å²) in [6.07, 6.45) is 7.87. The number of hydrogen-bond acceptors (Lipinski definition) is 2. The molecule has 0 saturated carbocycles. The Morgan fingerprint density at radius 1 is 0.571 bits per heavy atom. The lowest BCUT2D eigenvalue weighted by Gasteiger charge is -2.20. The monoisotopic (exact) mass is 557 g/mol. The van der Waals surface area contributed by atoms with Gasteiger partial charge < -0.3 is 5.73 Å². The van der Waals surface area contributed by atoms with Crippen molar-refractivity contribution in [3.8, 4) is 22.3 Å². The molecule has 42 heavy (non-hydrogen) atoms. The van der Waals surface area contributed by atoms with E-state index in [1.165, 1.54) is 70.2 Å². The number of allylic oxidation sites excluding steroid dienone is 3. The van der Waals surface area contributed by atoms with Gasteiger partial charge in [0, 0.05) is 4.90 Å². The van der Waals surface area contributed by atoms with Gasteiger partial charge in [-0.2, -0.15) is 0 Å². The maximum absolute atomic E-state index is 5.85. The van der Waals surface area contributed by atoms with Gasteiger partial charge in [-0.05, 0) is 132 Å². The molecule has 0 heterocycles. The van der Waals surface area contributed by atoms with Crippen LogP contribution in [-0.2, 0) is 0 Å². The molecule has 2 heteroatoms. The van der Waals surface area contributed by atoms with Crippen LogP contribution in [0.5, 0.6) is 0 Å². The Balaban J connectivity index is 1.65. The van der Waals surface area contributed by atoms with Gasteiger partial charge in [-0.1, -0.05) is 97.1 Å². The van der Waals surface area contributed by atoms with E-state index in [2.05, 4.69) is 141 Å². The van der Waals surface area contributed by atoms with E-state index in [0.717, 1.165) is 11.1 Å². The van der Waals surface area contributed by atoms with E-state index in [9.17, 15) is 0 Å². The maximum atomic E-state index is 5.85. The number of hydrogen-bond donors (Lipinski definition) is 1. The Kier molecular flexibility index (Phi) is 6.77. The molecule has 202 valence electrons. The zero-order valence-corrected chi connectivity index (χ0v) is 24.6. The SMILES string of the molecule is C/C=C(\C=C/N)c1ccc2c(-c3ccc4ccccc4c3)c3cc(SC)ccc3c(-c3ccc4ccccc4c3)c2c1. The predicted molar refractivity (Wildman–Crippen MR) is 186 cm³/mol. The summed E-state index contributed by atoms with van der Waals surface area (Å²) in [6.45, 7) is 2.06. The molecule has 0 fully saturated rings. The third-order valence-corrected chi connectivity index (χ3v) is 9.05. The van der Waals surface area contributed by atoms with Crippen LogP contribution in [0.2, 0.25) is 0 Å². The Morgan fingerprint density at radius 3 is 1.67 bits per heavy atom. The topological polar surface area (TPSA) is 26.0 Å². The molecule has 0 atom stereocenters. The largest absolute Gasteiger partial charge is 0.405 e. The molecule has 0 amide bonds. The normalized spacial score (nSPS) is 12.3. The third kappa shape index (κ3) is 4.45. The van der Waals surface area contributed by atoms with Crippen LogP contribution in [0.3, 0.4) is 0 Å². The average Bonchev–Trinajstić information content (AvgIpc) is 3.05. The van der Waals surface area contributed by atoms with Crippen molar-refractivity contribution in [2.45, 2.75) is 11.8 Å². The van der Waals surface area contributed by atoms with Gasteiger partial charge in [0.25, 0.3) is 0 Å². The van der Waals surface area contributed by atoms with E-state index in [1.807, 2.05) is 6.08 Å². The molecule has 0 spiro atoms. The molecule has 2 N–H and O–H groups in total. The molecular weight excluding hydrogens is 527 g/mol. The van der Waals surface area contributed by atoms with Crippen LogP contribution in [-0.4, -0.2) is 6.26 Å². The Hall–Kier alpha value is -4.79. The molecule has 0 aromatic heterocycles. The van der Waals surface area contributed by atoms with Crippen molar-refractivity contribution in [1.82, 2.24) is 0 Å². The van der Waals surface area contributed by atoms with E-state index < -0.39 is 0 Å². The summed E-state index contributed by atoms with van der Waals surface area (Å²) in [5, 5.41) is 10.00. The Labute approximate surface area is 251 Å². The lowest BCUT2D eigenvalue weighted by atomic mass is 9.84. The van der Waals surface area contributed by atoms with E-state index in [-0.39, 0.29) is 0 Å². The quantitative estimate of drug-likeness (QED) is 0.129. The molecule has 7 rings (SSSR count). The lowest BCUT2D eigenvalue weighted by Crippen LogP contribution is -1.93. The number of nitrogens with two attached hydrogens (primary N) is 1. The second-order valence-electron chi connectivity index (χ2n) is 10.6. The molecule has 7 aromatic rings. The molecule has 0 saturated heterocycles. The number of fused-ring (bicyclic) bond motifs is 4. The molecule has 0 unspecified atom stereocenters. The molecular formula is C40H31NS. The van der Waals surface area contributed by atoms with Gasteiger partial charge in [0.05, 0.1) is 0 Å². The van der Waals surface area contributed by atoms with Gasteiger partial charge >= 0.3 is 0 Å². The predicted octanol–water partition coefficient (Wildman–Crippen LogP) is 11.2. The van der Waals surface area contributed by atoms with Crippen LogP contribution in [0.1, 0.15) is 12.5 Å². The van der Waals surface area contributed by atoms with Crippen molar-refractivity contribution in [2.24, 2.45) is 5.73 Å². The first-order chi connectivity index (χ1) is 20.7. The van der Waals surface area contributed by atoms with Crippen molar-refractivity contribution in [3.63, 3.8) is 0 Å². The Bertz CT molecular complexity index is 2200. The van der Waals surface area contributed by atoms with Gasteiger partial charge in [0.1, 0.15) is 0 Å². The van der Waals surface area contributed by atoms with Crippen molar-refractivity contribution < 1.29 is 0 Å². The molecule has 1 nitrogen and oxygen atoms in total. The molecule has 0 bridgehead atoms. The fraction of sp³-hybridized carbons (Fsp3) is 0.0500. The van der Waals surface area contributed by atoms with Gasteiger partial charge in [-0.15, -0.1) is 11.8 Å². The zero-order valence-electron chi connectivity index (χ0n) is 23.8. The maximum Gasteiger partial charge on any atom is 0.00757 e. The summed E-state index contributed by atoms with van der Waals surface area (Å²) in [5.74, 6) is 0. The first kappa shape index (κ1) is 26.1. The van der Waals surface area contributed by atoms with Crippen LogP contribution in [0.15, 0.2) is 145 Å². The molecule has 0 aliphatic rings. The highest BCUT2D eigenvalue weighted by Crippen LogP contribution is 2.46. The summed E-state index contributed by atoms with van der Waals surface area (Å²) in [4.78, 5) is 1.26. The third-order valence-electron chi connectivity index (χ3n) is 8.32. The molecule has 7 aromatic carbocycles. The summed E-state index contributed by atoms with van der Waals surface area (Å²) >= 11 is 1.79. The number of benzene rings is 7. The minimum absolute atomic E-state index is 1.11. The fourth-order valence-corrected chi connectivity index (χ4v) is 6.73. The van der Waals surface area contributed by atoms with Gasteiger partial charge in [-0.25, -0.2) is 0 Å². The first-order valence-corrected chi connectivity index (χ1v) is 15.5. The highest BCUT2D eigenvalue weighted by atomic mass is 32.2. The standard InChI is InChI=1S/C40H31NS/c1-3-26(20-21-41)31-16-18-35-37(24-31)39(32-14-12-27-8-4-6-10-29(27)22-32)36-19-17-34(42-2)25-38(36)40(35)33-15-13-28-9-5-7-11-30(28)23-33/h3-25H,41H2,1-2H3/b21-20-,26-3+. The van der Waals surface area contributed by atoms with Crippen LogP contribution >= 0.6 is 11.8 Å². The van der Waals surface area contributed by atoms with Crippen LogP contribution in [0, 0.1) is 0 Å². The van der Waals surface area contributed by atoms with Crippen molar-refractivity contribution in [1.29, 1.82) is 0 Å². The highest BCUT2D eigenvalue weighted by Gasteiger charge is 2.19. The zero-order chi connectivity index (χ0) is 28.6. The Morgan fingerprint density at radius 2 is 1.12 bits per heavy atom. The minimum Gasteiger partial charge on any atom is -0.405 e. The van der Waals surface area contributed by atoms with E-state index >= 15 is 0 Å². The van der Waals surface area contributed by atoms with Crippen molar-refractivity contribution >= 4 is 60.4 Å².